The van der Waals surface area contributed by atoms with Crippen LogP contribution in [0.1, 0.15) is 16.1 Å². The molecule has 2 amide bonds. The van der Waals surface area contributed by atoms with Crippen LogP contribution in [-0.2, 0) is 11.2 Å². The molecule has 6 nitrogen and oxygen atoms in total. The molecule has 2 rings (SSSR count). The molecule has 2 aromatic rings. The van der Waals surface area contributed by atoms with Gasteiger partial charge in [0, 0.05) is 13.1 Å². The Hall–Kier alpha value is -2.90. The molecule has 128 valence electrons. The lowest BCUT2D eigenvalue weighted by Crippen LogP contribution is -2.35. The maximum Gasteiger partial charge on any atom is 0.387 e. The van der Waals surface area contributed by atoms with Gasteiger partial charge in [-0.25, -0.2) is 0 Å². The Bertz CT molecular complexity index is 657. The van der Waals surface area contributed by atoms with Crippen LogP contribution < -0.4 is 15.4 Å². The summed E-state index contributed by atoms with van der Waals surface area (Å²) in [6.07, 6.45) is 1.50. The van der Waals surface area contributed by atoms with E-state index in [0.29, 0.717) is 5.56 Å². The zero-order valence-electron chi connectivity index (χ0n) is 12.6. The lowest BCUT2D eigenvalue weighted by atomic mass is 10.1. The molecule has 0 atom stereocenters. The second-order valence-corrected chi connectivity index (χ2v) is 4.78. The summed E-state index contributed by atoms with van der Waals surface area (Å²) in [5, 5.41) is 5.24. The highest BCUT2D eigenvalue weighted by atomic mass is 19.3. The Kier molecular flexibility index (Phi) is 6.30. The molecule has 1 heterocycles. The van der Waals surface area contributed by atoms with Crippen LogP contribution in [0.15, 0.2) is 47.1 Å². The zero-order valence-corrected chi connectivity index (χ0v) is 12.6. The Morgan fingerprint density at radius 2 is 1.79 bits per heavy atom. The van der Waals surface area contributed by atoms with E-state index in [2.05, 4.69) is 15.4 Å². The normalized spacial score (nSPS) is 10.5. The number of ether oxygens (including phenoxy) is 1. The molecule has 2 N–H and O–H groups in total. The third-order valence-corrected chi connectivity index (χ3v) is 2.99. The van der Waals surface area contributed by atoms with Gasteiger partial charge in [0.05, 0.1) is 12.7 Å². The topological polar surface area (TPSA) is 80.6 Å². The predicted octanol–water partition coefficient (Wildman–Crippen LogP) is 1.97. The van der Waals surface area contributed by atoms with E-state index in [1.54, 1.807) is 6.07 Å². The molecule has 1 aromatic heterocycles. The van der Waals surface area contributed by atoms with Crippen LogP contribution in [0.3, 0.4) is 0 Å². The fraction of sp³-hybridized carbons (Fsp3) is 0.250. The van der Waals surface area contributed by atoms with Gasteiger partial charge in [-0.2, -0.15) is 8.78 Å². The van der Waals surface area contributed by atoms with Crippen molar-refractivity contribution in [3.8, 4) is 5.75 Å². The van der Waals surface area contributed by atoms with Crippen molar-refractivity contribution in [1.29, 1.82) is 0 Å². The molecule has 0 aliphatic carbocycles. The molecular weight excluding hydrogens is 322 g/mol. The third kappa shape index (κ3) is 5.71. The van der Waals surface area contributed by atoms with Crippen LogP contribution in [-0.4, -0.2) is 31.5 Å². The SMILES string of the molecule is O=C(Cc1ccc(OC(F)F)cc1)NCCNC(=O)c1ccco1. The Morgan fingerprint density at radius 3 is 2.42 bits per heavy atom. The summed E-state index contributed by atoms with van der Waals surface area (Å²) in [6, 6.07) is 8.96. The molecule has 0 bridgehead atoms. The number of carbonyl (C=O) groups is 2. The van der Waals surface area contributed by atoms with Gasteiger partial charge in [-0.05, 0) is 29.8 Å². The van der Waals surface area contributed by atoms with E-state index in [4.69, 9.17) is 4.42 Å². The molecule has 0 radical (unpaired) electrons. The summed E-state index contributed by atoms with van der Waals surface area (Å²) in [7, 11) is 0. The van der Waals surface area contributed by atoms with Crippen molar-refractivity contribution in [2.45, 2.75) is 13.0 Å². The molecule has 0 spiro atoms. The molecule has 0 unspecified atom stereocenters. The van der Waals surface area contributed by atoms with E-state index >= 15 is 0 Å². The largest absolute Gasteiger partial charge is 0.459 e. The molecule has 0 aliphatic rings. The predicted molar refractivity (Wildman–Crippen MR) is 80.8 cm³/mol. The second kappa shape index (κ2) is 8.66. The van der Waals surface area contributed by atoms with E-state index in [0.717, 1.165) is 0 Å². The number of alkyl halides is 2. The van der Waals surface area contributed by atoms with Crippen molar-refractivity contribution in [1.82, 2.24) is 10.6 Å². The lowest BCUT2D eigenvalue weighted by Gasteiger charge is -2.07. The smallest absolute Gasteiger partial charge is 0.387 e. The van der Waals surface area contributed by atoms with Crippen LogP contribution >= 0.6 is 0 Å². The quantitative estimate of drug-likeness (QED) is 0.721. The number of hydrogen-bond acceptors (Lipinski definition) is 4. The van der Waals surface area contributed by atoms with Gasteiger partial charge in [0.15, 0.2) is 5.76 Å². The highest BCUT2D eigenvalue weighted by molar-refractivity contribution is 5.91. The maximum atomic E-state index is 12.0. The molecule has 0 saturated heterocycles. The van der Waals surface area contributed by atoms with Crippen LogP contribution in [0.2, 0.25) is 0 Å². The summed E-state index contributed by atoms with van der Waals surface area (Å²) in [6.45, 7) is -2.36. The average Bonchev–Trinajstić information content (AvgIpc) is 3.07. The first-order valence-electron chi connectivity index (χ1n) is 7.17. The fourth-order valence-corrected chi connectivity index (χ4v) is 1.91. The number of hydrogen-bond donors (Lipinski definition) is 2. The van der Waals surface area contributed by atoms with E-state index in [-0.39, 0.29) is 42.8 Å². The number of furan rings is 1. The highest BCUT2D eigenvalue weighted by Crippen LogP contribution is 2.15. The zero-order chi connectivity index (χ0) is 17.4. The second-order valence-electron chi connectivity index (χ2n) is 4.78. The minimum Gasteiger partial charge on any atom is -0.459 e. The van der Waals surface area contributed by atoms with Crippen molar-refractivity contribution < 1.29 is 27.5 Å². The minimum absolute atomic E-state index is 0.0368. The standard InChI is InChI=1S/C16H16F2N2O4/c17-16(18)24-12-5-3-11(4-6-12)10-14(21)19-7-8-20-15(22)13-2-1-9-23-13/h1-6,9,16H,7-8,10H2,(H,19,21)(H,20,22). The molecule has 1 aromatic carbocycles. The van der Waals surface area contributed by atoms with Gasteiger partial charge in [0.25, 0.3) is 5.91 Å². The lowest BCUT2D eigenvalue weighted by molar-refractivity contribution is -0.120. The third-order valence-electron chi connectivity index (χ3n) is 2.99. The number of halogens is 2. The van der Waals surface area contributed by atoms with Crippen molar-refractivity contribution in [3.05, 3.63) is 54.0 Å². The first-order valence-corrected chi connectivity index (χ1v) is 7.17. The summed E-state index contributed by atoms with van der Waals surface area (Å²) in [5.41, 5.74) is 0.661. The average molecular weight is 338 g/mol. The number of benzene rings is 1. The van der Waals surface area contributed by atoms with Crippen molar-refractivity contribution >= 4 is 11.8 Å². The van der Waals surface area contributed by atoms with Gasteiger partial charge < -0.3 is 19.8 Å². The minimum atomic E-state index is -2.88. The van der Waals surface area contributed by atoms with E-state index < -0.39 is 6.61 Å². The number of amides is 2. The summed E-state index contributed by atoms with van der Waals surface area (Å²) in [5.74, 6) is -0.365. The van der Waals surface area contributed by atoms with Gasteiger partial charge in [0.1, 0.15) is 5.75 Å². The first-order chi connectivity index (χ1) is 11.5. The van der Waals surface area contributed by atoms with Gasteiger partial charge in [-0.3, -0.25) is 9.59 Å². The van der Waals surface area contributed by atoms with Crippen LogP contribution in [0.4, 0.5) is 8.78 Å². The Morgan fingerprint density at radius 1 is 1.08 bits per heavy atom. The highest BCUT2D eigenvalue weighted by Gasteiger charge is 2.08. The summed E-state index contributed by atoms with van der Waals surface area (Å²) in [4.78, 5) is 23.3. The Labute approximate surface area is 136 Å². The number of nitrogens with one attached hydrogen (secondary N) is 2. The number of carbonyl (C=O) groups excluding carboxylic acids is 2. The molecular formula is C16H16F2N2O4. The Balaban J connectivity index is 1.67. The van der Waals surface area contributed by atoms with Crippen molar-refractivity contribution in [3.63, 3.8) is 0 Å². The first kappa shape index (κ1) is 17.5. The molecule has 8 heteroatoms. The number of rotatable bonds is 8. The molecule has 0 fully saturated rings. The van der Waals surface area contributed by atoms with Crippen LogP contribution in [0.5, 0.6) is 5.75 Å². The van der Waals surface area contributed by atoms with Crippen molar-refractivity contribution in [2.75, 3.05) is 13.1 Å². The fourth-order valence-electron chi connectivity index (χ4n) is 1.91. The summed E-state index contributed by atoms with van der Waals surface area (Å²) >= 11 is 0. The van der Waals surface area contributed by atoms with Crippen molar-refractivity contribution in [2.24, 2.45) is 0 Å². The molecule has 0 saturated carbocycles. The van der Waals surface area contributed by atoms with Gasteiger partial charge in [0.2, 0.25) is 5.91 Å². The van der Waals surface area contributed by atoms with Gasteiger partial charge in [-0.1, -0.05) is 12.1 Å². The van der Waals surface area contributed by atoms with E-state index in [9.17, 15) is 18.4 Å². The van der Waals surface area contributed by atoms with Crippen LogP contribution in [0, 0.1) is 0 Å². The molecule has 0 aliphatic heterocycles. The van der Waals surface area contributed by atoms with Crippen LogP contribution in [0.25, 0.3) is 0 Å². The summed E-state index contributed by atoms with van der Waals surface area (Å²) < 4.78 is 33.2. The molecule has 24 heavy (non-hydrogen) atoms. The van der Waals surface area contributed by atoms with Gasteiger partial charge in [-0.15, -0.1) is 0 Å². The monoisotopic (exact) mass is 338 g/mol. The van der Waals surface area contributed by atoms with E-state index in [1.165, 1.54) is 36.6 Å². The maximum absolute atomic E-state index is 12.0. The van der Waals surface area contributed by atoms with E-state index in [1.807, 2.05) is 0 Å². The van der Waals surface area contributed by atoms with Gasteiger partial charge >= 0.3 is 6.61 Å².